The van der Waals surface area contributed by atoms with Crippen LogP contribution in [0.2, 0.25) is 0 Å². The predicted molar refractivity (Wildman–Crippen MR) is 79.2 cm³/mol. The van der Waals surface area contributed by atoms with Gasteiger partial charge in [0.15, 0.2) is 5.78 Å². The zero-order valence-corrected chi connectivity index (χ0v) is 12.4. The molecule has 0 fully saturated rings. The van der Waals surface area contributed by atoms with Crippen molar-refractivity contribution in [3.63, 3.8) is 0 Å². The lowest BCUT2D eigenvalue weighted by Crippen LogP contribution is -2.31. The summed E-state index contributed by atoms with van der Waals surface area (Å²) in [4.78, 5) is 33.2. The van der Waals surface area contributed by atoms with Crippen molar-refractivity contribution in [1.82, 2.24) is 5.32 Å². The summed E-state index contributed by atoms with van der Waals surface area (Å²) in [6, 6.07) is 7.27. The van der Waals surface area contributed by atoms with Gasteiger partial charge in [-0.15, -0.1) is 0 Å². The molecular weight excluding hydrogens is 270 g/mol. The molecule has 0 heterocycles. The number of nitrogens with one attached hydrogen (secondary N) is 1. The van der Waals surface area contributed by atoms with Crippen LogP contribution < -0.4 is 5.32 Å². The maximum absolute atomic E-state index is 11.9. The molecule has 0 aliphatic carbocycles. The third-order valence-electron chi connectivity index (χ3n) is 3.06. The Labute approximate surface area is 124 Å². The molecule has 0 aromatic heterocycles. The molecule has 5 nitrogen and oxygen atoms in total. The highest BCUT2D eigenvalue weighted by molar-refractivity contribution is 5.96. The first-order valence-electron chi connectivity index (χ1n) is 6.99. The van der Waals surface area contributed by atoms with E-state index in [1.807, 2.05) is 19.1 Å². The monoisotopic (exact) mass is 291 g/mol. The van der Waals surface area contributed by atoms with Gasteiger partial charge < -0.3 is 10.4 Å². The van der Waals surface area contributed by atoms with Crippen LogP contribution in [-0.2, 0) is 16.0 Å². The number of amides is 1. The van der Waals surface area contributed by atoms with Crippen LogP contribution in [-0.4, -0.2) is 28.8 Å². The van der Waals surface area contributed by atoms with Crippen molar-refractivity contribution in [3.05, 3.63) is 35.4 Å². The van der Waals surface area contributed by atoms with Crippen LogP contribution in [0, 0.1) is 0 Å². The van der Waals surface area contributed by atoms with Crippen LogP contribution in [0.5, 0.6) is 0 Å². The minimum Gasteiger partial charge on any atom is -0.481 e. The van der Waals surface area contributed by atoms with Crippen LogP contribution in [0.1, 0.15) is 49.0 Å². The second kappa shape index (κ2) is 8.19. The molecule has 0 radical (unpaired) electrons. The summed E-state index contributed by atoms with van der Waals surface area (Å²) >= 11 is 0. The predicted octanol–water partition coefficient (Wildman–Crippen LogP) is 2.19. The zero-order chi connectivity index (χ0) is 15.8. The lowest BCUT2D eigenvalue weighted by Gasteiger charge is -2.12. The van der Waals surface area contributed by atoms with E-state index in [9.17, 15) is 14.4 Å². The van der Waals surface area contributed by atoms with Crippen LogP contribution in [0.3, 0.4) is 0 Å². The summed E-state index contributed by atoms with van der Waals surface area (Å²) in [5.74, 6) is -0.990. The van der Waals surface area contributed by atoms with Crippen LogP contribution >= 0.6 is 0 Å². The highest BCUT2D eigenvalue weighted by Crippen LogP contribution is 2.11. The first-order chi connectivity index (χ1) is 9.88. The minimum atomic E-state index is -0.884. The topological polar surface area (TPSA) is 83.5 Å². The van der Waals surface area contributed by atoms with Gasteiger partial charge >= 0.3 is 5.97 Å². The lowest BCUT2D eigenvalue weighted by atomic mass is 10.0. The average Bonchev–Trinajstić information content (AvgIpc) is 2.37. The van der Waals surface area contributed by atoms with Gasteiger partial charge in [-0.2, -0.15) is 0 Å². The molecule has 0 saturated carbocycles. The van der Waals surface area contributed by atoms with E-state index in [0.717, 1.165) is 5.56 Å². The Hall–Kier alpha value is -2.17. The summed E-state index contributed by atoms with van der Waals surface area (Å²) in [6.45, 7) is 3.40. The maximum atomic E-state index is 11.9. The molecule has 21 heavy (non-hydrogen) atoms. The van der Waals surface area contributed by atoms with Gasteiger partial charge in [0, 0.05) is 31.4 Å². The van der Waals surface area contributed by atoms with Crippen molar-refractivity contribution in [1.29, 1.82) is 0 Å². The van der Waals surface area contributed by atoms with Crippen molar-refractivity contribution in [2.24, 2.45) is 0 Å². The number of benzene rings is 1. The van der Waals surface area contributed by atoms with Gasteiger partial charge in [-0.25, -0.2) is 0 Å². The van der Waals surface area contributed by atoms with Crippen LogP contribution in [0.15, 0.2) is 24.3 Å². The third-order valence-corrected chi connectivity index (χ3v) is 3.06. The number of ketones is 1. The molecule has 2 N–H and O–H groups in total. The molecular formula is C16H21NO4. The molecule has 5 heteroatoms. The maximum Gasteiger partial charge on any atom is 0.303 e. The molecule has 1 aromatic rings. The molecule has 0 bridgehead atoms. The number of aliphatic carboxylic acids is 1. The van der Waals surface area contributed by atoms with Crippen molar-refractivity contribution in [2.45, 2.75) is 45.6 Å². The fraction of sp³-hybridized carbons (Fsp3) is 0.438. The molecule has 0 aliphatic heterocycles. The van der Waals surface area contributed by atoms with E-state index in [0.29, 0.717) is 18.4 Å². The smallest absolute Gasteiger partial charge is 0.303 e. The highest BCUT2D eigenvalue weighted by Gasteiger charge is 2.09. The van der Waals surface area contributed by atoms with Crippen LogP contribution in [0.4, 0.5) is 0 Å². The van der Waals surface area contributed by atoms with Gasteiger partial charge in [0.1, 0.15) is 0 Å². The number of hydrogen-bond acceptors (Lipinski definition) is 3. The fourth-order valence-corrected chi connectivity index (χ4v) is 2.12. The Kier molecular flexibility index (Phi) is 6.59. The quantitative estimate of drug-likeness (QED) is 0.719. The zero-order valence-electron chi connectivity index (χ0n) is 12.4. The van der Waals surface area contributed by atoms with Crippen molar-refractivity contribution >= 4 is 17.7 Å². The summed E-state index contributed by atoms with van der Waals surface area (Å²) in [7, 11) is 0. The van der Waals surface area contributed by atoms with Gasteiger partial charge in [0.2, 0.25) is 5.91 Å². The Morgan fingerprint density at radius 3 is 2.29 bits per heavy atom. The highest BCUT2D eigenvalue weighted by atomic mass is 16.4. The lowest BCUT2D eigenvalue weighted by molar-refractivity contribution is -0.137. The van der Waals surface area contributed by atoms with Gasteiger partial charge in [0.05, 0.1) is 0 Å². The summed E-state index contributed by atoms with van der Waals surface area (Å²) < 4.78 is 0. The molecule has 114 valence electrons. The number of hydrogen-bond donors (Lipinski definition) is 2. The van der Waals surface area contributed by atoms with Crippen LogP contribution in [0.25, 0.3) is 0 Å². The molecule has 0 unspecified atom stereocenters. The Morgan fingerprint density at radius 2 is 1.76 bits per heavy atom. The van der Waals surface area contributed by atoms with Crippen molar-refractivity contribution in [3.8, 4) is 0 Å². The molecule has 0 spiro atoms. The Balaban J connectivity index is 2.51. The Bertz CT molecular complexity index is 508. The first kappa shape index (κ1) is 16.9. The second-order valence-corrected chi connectivity index (χ2v) is 5.17. The fourth-order valence-electron chi connectivity index (χ4n) is 2.12. The summed E-state index contributed by atoms with van der Waals surface area (Å²) in [5.41, 5.74) is 1.63. The minimum absolute atomic E-state index is 0.0120. The molecule has 1 atom stereocenters. The SMILES string of the molecule is CC(=O)N[C@H](C)Cc1ccc(C(=O)CCCC(=O)O)cc1. The Morgan fingerprint density at radius 1 is 1.14 bits per heavy atom. The largest absolute Gasteiger partial charge is 0.481 e. The van der Waals surface area contributed by atoms with E-state index in [1.54, 1.807) is 12.1 Å². The van der Waals surface area contributed by atoms with Crippen molar-refractivity contribution in [2.75, 3.05) is 0 Å². The summed E-state index contributed by atoms with van der Waals surface area (Å²) in [6.07, 6.45) is 1.31. The van der Waals surface area contributed by atoms with E-state index >= 15 is 0 Å². The average molecular weight is 291 g/mol. The molecule has 0 aliphatic rings. The van der Waals surface area contributed by atoms with Gasteiger partial charge in [-0.3, -0.25) is 14.4 Å². The van der Waals surface area contributed by atoms with Gasteiger partial charge in [-0.05, 0) is 25.3 Å². The number of Topliss-reactive ketones (excluding diaryl/α,β-unsaturated/α-hetero) is 1. The van der Waals surface area contributed by atoms with E-state index in [2.05, 4.69) is 5.32 Å². The number of carboxylic acid groups (broad SMARTS) is 1. The van der Waals surface area contributed by atoms with Crippen molar-refractivity contribution < 1.29 is 19.5 Å². The number of carboxylic acids is 1. The van der Waals surface area contributed by atoms with Gasteiger partial charge in [0.25, 0.3) is 0 Å². The van der Waals surface area contributed by atoms with E-state index in [4.69, 9.17) is 5.11 Å². The normalized spacial score (nSPS) is 11.7. The second-order valence-electron chi connectivity index (χ2n) is 5.17. The molecule has 0 saturated heterocycles. The standard InChI is InChI=1S/C16H21NO4/c1-11(17-12(2)18)10-13-6-8-14(9-7-13)15(19)4-3-5-16(20)21/h6-9,11H,3-5,10H2,1-2H3,(H,17,18)(H,20,21)/t11-/m1/s1. The number of carbonyl (C=O) groups excluding carboxylic acids is 2. The number of rotatable bonds is 8. The molecule has 1 rings (SSSR count). The van der Waals surface area contributed by atoms with Gasteiger partial charge in [-0.1, -0.05) is 24.3 Å². The molecule has 1 aromatic carbocycles. The van der Waals surface area contributed by atoms with E-state index in [1.165, 1.54) is 6.92 Å². The first-order valence-corrected chi connectivity index (χ1v) is 6.99. The third kappa shape index (κ3) is 6.70. The summed E-state index contributed by atoms with van der Waals surface area (Å²) in [5, 5.41) is 11.3. The van der Waals surface area contributed by atoms with E-state index < -0.39 is 5.97 Å². The molecule has 1 amide bonds. The van der Waals surface area contributed by atoms with E-state index in [-0.39, 0.29) is 30.6 Å². The number of carbonyl (C=O) groups is 3.